The second-order valence-corrected chi connectivity index (χ2v) is 6.92. The van der Waals surface area contributed by atoms with Gasteiger partial charge in [-0.15, -0.1) is 11.3 Å². The molecule has 8 heteroatoms. The molecule has 28 heavy (non-hydrogen) atoms. The van der Waals surface area contributed by atoms with Crippen molar-refractivity contribution in [1.82, 2.24) is 9.97 Å². The average Bonchev–Trinajstić information content (AvgIpc) is 3.27. The third-order valence-electron chi connectivity index (χ3n) is 3.87. The number of amides is 1. The molecule has 3 rings (SSSR count). The van der Waals surface area contributed by atoms with Gasteiger partial charge in [0.1, 0.15) is 0 Å². The Morgan fingerprint density at radius 2 is 2.00 bits per heavy atom. The Bertz CT molecular complexity index is 950. The van der Waals surface area contributed by atoms with Crippen molar-refractivity contribution in [2.45, 2.75) is 33.1 Å². The Morgan fingerprint density at radius 1 is 1.21 bits per heavy atom. The molecule has 0 spiro atoms. The lowest BCUT2D eigenvalue weighted by Gasteiger charge is -2.00. The molecule has 1 aromatic carbocycles. The van der Waals surface area contributed by atoms with Crippen LogP contribution in [0.2, 0.25) is 0 Å². The van der Waals surface area contributed by atoms with Gasteiger partial charge in [-0.2, -0.15) is 0 Å². The standard InChI is InChI=1S/C20H21N3O4S/c1-3-26-18(25)11-15-12-28-20(22-15)23-16(24)9-10-17-21-13(2)19(27-17)14-7-5-4-6-8-14/h4-8,12H,3,9-11H2,1-2H3,(H,22,23,24). The van der Waals surface area contributed by atoms with Crippen molar-refractivity contribution < 1.29 is 18.7 Å². The van der Waals surface area contributed by atoms with Crippen LogP contribution < -0.4 is 5.32 Å². The molecule has 2 aromatic heterocycles. The van der Waals surface area contributed by atoms with Crippen molar-refractivity contribution in [2.75, 3.05) is 11.9 Å². The van der Waals surface area contributed by atoms with Crippen molar-refractivity contribution in [1.29, 1.82) is 0 Å². The van der Waals surface area contributed by atoms with Gasteiger partial charge >= 0.3 is 5.97 Å². The highest BCUT2D eigenvalue weighted by Crippen LogP contribution is 2.24. The second kappa shape index (κ2) is 9.27. The molecule has 3 aromatic rings. The number of carbonyl (C=O) groups excluding carboxylic acids is 2. The van der Waals surface area contributed by atoms with E-state index in [0.717, 1.165) is 17.0 Å². The van der Waals surface area contributed by atoms with Crippen molar-refractivity contribution >= 4 is 28.3 Å². The van der Waals surface area contributed by atoms with Gasteiger partial charge in [-0.1, -0.05) is 30.3 Å². The predicted molar refractivity (Wildman–Crippen MR) is 106 cm³/mol. The highest BCUT2D eigenvalue weighted by atomic mass is 32.1. The van der Waals surface area contributed by atoms with Crippen LogP contribution in [0.25, 0.3) is 11.3 Å². The number of esters is 1. The van der Waals surface area contributed by atoms with E-state index < -0.39 is 0 Å². The van der Waals surface area contributed by atoms with E-state index in [1.165, 1.54) is 11.3 Å². The summed E-state index contributed by atoms with van der Waals surface area (Å²) in [6, 6.07) is 9.74. The third-order valence-corrected chi connectivity index (χ3v) is 4.68. The van der Waals surface area contributed by atoms with E-state index in [2.05, 4.69) is 15.3 Å². The van der Waals surface area contributed by atoms with Gasteiger partial charge in [0, 0.05) is 23.8 Å². The molecule has 0 unspecified atom stereocenters. The van der Waals surface area contributed by atoms with E-state index in [1.807, 2.05) is 37.3 Å². The summed E-state index contributed by atoms with van der Waals surface area (Å²) in [5.41, 5.74) is 2.33. The Kier molecular flexibility index (Phi) is 6.54. The maximum absolute atomic E-state index is 12.2. The number of hydrogen-bond donors (Lipinski definition) is 1. The number of aromatic nitrogens is 2. The fourth-order valence-electron chi connectivity index (χ4n) is 2.62. The summed E-state index contributed by atoms with van der Waals surface area (Å²) >= 11 is 1.27. The predicted octanol–water partition coefficient (Wildman–Crippen LogP) is 3.78. The number of rotatable bonds is 8. The molecular formula is C20H21N3O4S. The molecule has 7 nitrogen and oxygen atoms in total. The maximum Gasteiger partial charge on any atom is 0.311 e. The molecule has 0 fully saturated rings. The molecule has 0 aliphatic carbocycles. The molecule has 0 radical (unpaired) electrons. The Morgan fingerprint density at radius 3 is 2.75 bits per heavy atom. The van der Waals surface area contributed by atoms with Crippen molar-refractivity contribution in [3.8, 4) is 11.3 Å². The van der Waals surface area contributed by atoms with E-state index in [1.54, 1.807) is 12.3 Å². The number of thiazole rings is 1. The van der Waals surface area contributed by atoms with E-state index >= 15 is 0 Å². The molecule has 0 aliphatic rings. The zero-order valence-corrected chi connectivity index (χ0v) is 16.5. The lowest BCUT2D eigenvalue weighted by Crippen LogP contribution is -2.12. The molecular weight excluding hydrogens is 378 g/mol. The fourth-order valence-corrected chi connectivity index (χ4v) is 3.35. The average molecular weight is 399 g/mol. The van der Waals surface area contributed by atoms with E-state index in [-0.39, 0.29) is 24.7 Å². The van der Waals surface area contributed by atoms with Crippen LogP contribution in [0.5, 0.6) is 0 Å². The summed E-state index contributed by atoms with van der Waals surface area (Å²) in [4.78, 5) is 32.3. The van der Waals surface area contributed by atoms with Crippen LogP contribution in [0, 0.1) is 6.92 Å². The minimum absolute atomic E-state index is 0.0953. The third kappa shape index (κ3) is 5.26. The highest BCUT2D eigenvalue weighted by molar-refractivity contribution is 7.13. The van der Waals surface area contributed by atoms with E-state index in [9.17, 15) is 9.59 Å². The largest absolute Gasteiger partial charge is 0.466 e. The number of oxazole rings is 1. The number of aryl methyl sites for hydroxylation is 2. The van der Waals surface area contributed by atoms with E-state index in [0.29, 0.717) is 29.7 Å². The highest BCUT2D eigenvalue weighted by Gasteiger charge is 2.14. The van der Waals surface area contributed by atoms with Crippen molar-refractivity contribution in [3.05, 3.63) is 53.0 Å². The van der Waals surface area contributed by atoms with Gasteiger partial charge in [-0.25, -0.2) is 9.97 Å². The summed E-state index contributed by atoms with van der Waals surface area (Å²) in [6.07, 6.45) is 0.708. The molecule has 0 bridgehead atoms. The smallest absolute Gasteiger partial charge is 0.311 e. The van der Waals surface area contributed by atoms with Crippen LogP contribution in [0.1, 0.15) is 30.6 Å². The molecule has 0 aliphatic heterocycles. The summed E-state index contributed by atoms with van der Waals surface area (Å²) in [7, 11) is 0. The Balaban J connectivity index is 1.52. The van der Waals surface area contributed by atoms with Crippen molar-refractivity contribution in [2.24, 2.45) is 0 Å². The van der Waals surface area contributed by atoms with Crippen LogP contribution in [-0.4, -0.2) is 28.5 Å². The van der Waals surface area contributed by atoms with Crippen LogP contribution in [0.3, 0.4) is 0 Å². The lowest BCUT2D eigenvalue weighted by molar-refractivity contribution is -0.142. The van der Waals surface area contributed by atoms with Crippen molar-refractivity contribution in [3.63, 3.8) is 0 Å². The van der Waals surface area contributed by atoms with Gasteiger partial charge in [-0.05, 0) is 13.8 Å². The number of anilines is 1. The SMILES string of the molecule is CCOC(=O)Cc1csc(NC(=O)CCc2nc(C)c(-c3ccccc3)o2)n1. The van der Waals surface area contributed by atoms with Gasteiger partial charge in [-0.3, -0.25) is 9.59 Å². The summed E-state index contributed by atoms with van der Waals surface area (Å²) in [5.74, 6) is 0.724. The molecule has 0 saturated heterocycles. The number of nitrogens with zero attached hydrogens (tertiary/aromatic N) is 2. The minimum Gasteiger partial charge on any atom is -0.466 e. The monoisotopic (exact) mass is 399 g/mol. The molecule has 2 heterocycles. The minimum atomic E-state index is -0.334. The molecule has 0 saturated carbocycles. The fraction of sp³-hybridized carbons (Fsp3) is 0.300. The van der Waals surface area contributed by atoms with Crippen LogP contribution in [0.4, 0.5) is 5.13 Å². The van der Waals surface area contributed by atoms with E-state index in [4.69, 9.17) is 9.15 Å². The first kappa shape index (κ1) is 19.8. The normalized spacial score (nSPS) is 10.6. The molecule has 146 valence electrons. The first-order chi connectivity index (χ1) is 13.5. The van der Waals surface area contributed by atoms with Gasteiger partial charge in [0.25, 0.3) is 0 Å². The zero-order chi connectivity index (χ0) is 19.9. The maximum atomic E-state index is 12.2. The second-order valence-electron chi connectivity index (χ2n) is 6.06. The summed E-state index contributed by atoms with van der Waals surface area (Å²) < 4.78 is 10.7. The molecule has 1 amide bonds. The van der Waals surface area contributed by atoms with Gasteiger partial charge in [0.2, 0.25) is 5.91 Å². The lowest BCUT2D eigenvalue weighted by atomic mass is 10.1. The molecule has 0 atom stereocenters. The summed E-state index contributed by atoms with van der Waals surface area (Å²) in [5, 5.41) is 4.93. The molecule has 1 N–H and O–H groups in total. The van der Waals surface area contributed by atoms with Gasteiger partial charge < -0.3 is 14.5 Å². The first-order valence-corrected chi connectivity index (χ1v) is 9.84. The number of nitrogens with one attached hydrogen (secondary N) is 1. The quantitative estimate of drug-likeness (QED) is 0.579. The van der Waals surface area contributed by atoms with Crippen LogP contribution in [-0.2, 0) is 27.2 Å². The number of carbonyl (C=O) groups is 2. The summed E-state index contributed by atoms with van der Waals surface area (Å²) in [6.45, 7) is 3.97. The first-order valence-electron chi connectivity index (χ1n) is 8.96. The van der Waals surface area contributed by atoms with Crippen LogP contribution >= 0.6 is 11.3 Å². The van der Waals surface area contributed by atoms with Crippen LogP contribution in [0.15, 0.2) is 40.1 Å². The number of hydrogen-bond acceptors (Lipinski definition) is 7. The number of ether oxygens (including phenoxy) is 1. The zero-order valence-electron chi connectivity index (χ0n) is 15.7. The Hall–Kier alpha value is -3.00. The topological polar surface area (TPSA) is 94.3 Å². The Labute approximate surface area is 166 Å². The number of benzene rings is 1. The van der Waals surface area contributed by atoms with Gasteiger partial charge in [0.05, 0.1) is 24.4 Å². The van der Waals surface area contributed by atoms with Gasteiger partial charge in [0.15, 0.2) is 16.8 Å².